The van der Waals surface area contributed by atoms with Crippen LogP contribution in [0.4, 0.5) is 4.79 Å². The van der Waals surface area contributed by atoms with Crippen molar-refractivity contribution >= 4 is 12.0 Å². The van der Waals surface area contributed by atoms with Gasteiger partial charge in [0, 0.05) is 26.8 Å². The van der Waals surface area contributed by atoms with Crippen LogP contribution < -0.4 is 5.32 Å². The van der Waals surface area contributed by atoms with Crippen molar-refractivity contribution < 1.29 is 24.2 Å². The van der Waals surface area contributed by atoms with Gasteiger partial charge in [-0.05, 0) is 26.7 Å². The molecule has 2 N–H and O–H groups in total. The summed E-state index contributed by atoms with van der Waals surface area (Å²) in [7, 11) is 1.56. The predicted molar refractivity (Wildman–Crippen MR) is 72.6 cm³/mol. The van der Waals surface area contributed by atoms with Crippen LogP contribution in [0.5, 0.6) is 0 Å². The first-order valence-corrected chi connectivity index (χ1v) is 6.86. The van der Waals surface area contributed by atoms with E-state index in [1.165, 1.54) is 0 Å². The van der Waals surface area contributed by atoms with Gasteiger partial charge in [0.15, 0.2) is 0 Å². The number of carbonyl (C=O) groups excluding carboxylic acids is 1. The minimum absolute atomic E-state index is 0.0405. The summed E-state index contributed by atoms with van der Waals surface area (Å²) < 4.78 is 10.4. The van der Waals surface area contributed by atoms with Crippen LogP contribution in [0.15, 0.2) is 0 Å². The maximum atomic E-state index is 12.1. The molecule has 1 fully saturated rings. The Labute approximate surface area is 119 Å². The van der Waals surface area contributed by atoms with Crippen LogP contribution in [0.3, 0.4) is 0 Å². The van der Waals surface area contributed by atoms with Crippen LogP contribution in [-0.4, -0.2) is 67.1 Å². The molecular weight excluding hydrogens is 264 g/mol. The number of nitrogens with zero attached hydrogens (tertiary/aromatic N) is 1. The molecule has 0 aromatic heterocycles. The van der Waals surface area contributed by atoms with Gasteiger partial charge in [0.2, 0.25) is 0 Å². The molecule has 2 amide bonds. The Morgan fingerprint density at radius 2 is 2.00 bits per heavy atom. The maximum Gasteiger partial charge on any atom is 0.326 e. The molecule has 0 saturated carbocycles. The number of carbonyl (C=O) groups is 2. The highest BCUT2D eigenvalue weighted by Crippen LogP contribution is 2.11. The van der Waals surface area contributed by atoms with Crippen molar-refractivity contribution in [2.24, 2.45) is 0 Å². The van der Waals surface area contributed by atoms with E-state index in [2.05, 4.69) is 5.32 Å². The molecule has 0 radical (unpaired) electrons. The van der Waals surface area contributed by atoms with Gasteiger partial charge in [-0.15, -0.1) is 0 Å². The van der Waals surface area contributed by atoms with Crippen LogP contribution in [0.2, 0.25) is 0 Å². The number of methoxy groups -OCH3 is 1. The monoisotopic (exact) mass is 288 g/mol. The van der Waals surface area contributed by atoms with Crippen molar-refractivity contribution in [3.05, 3.63) is 0 Å². The summed E-state index contributed by atoms with van der Waals surface area (Å²) in [4.78, 5) is 24.8. The Balaban J connectivity index is 2.50. The van der Waals surface area contributed by atoms with Gasteiger partial charge in [-0.25, -0.2) is 9.59 Å². The smallest absolute Gasteiger partial charge is 0.326 e. The highest BCUT2D eigenvalue weighted by molar-refractivity contribution is 5.82. The fourth-order valence-corrected chi connectivity index (χ4v) is 2.27. The molecule has 7 heteroatoms. The zero-order chi connectivity index (χ0) is 15.1. The highest BCUT2D eigenvalue weighted by atomic mass is 16.5. The van der Waals surface area contributed by atoms with E-state index in [-0.39, 0.29) is 18.2 Å². The van der Waals surface area contributed by atoms with E-state index in [1.54, 1.807) is 12.0 Å². The minimum atomic E-state index is -1.02. The first kappa shape index (κ1) is 16.7. The maximum absolute atomic E-state index is 12.1. The zero-order valence-electron chi connectivity index (χ0n) is 12.3. The molecule has 3 atom stereocenters. The Kier molecular flexibility index (Phi) is 6.74. The number of aliphatic carboxylic acids is 1. The second-order valence-electron chi connectivity index (χ2n) is 5.14. The molecule has 20 heavy (non-hydrogen) atoms. The standard InChI is InChI=1S/C13H24N2O5/c1-9-7-15(8-10(2)20-9)13(18)14-11(12(16)17)5-4-6-19-3/h9-11H,4-8H2,1-3H3,(H,14,18)(H,16,17). The van der Waals surface area contributed by atoms with Gasteiger partial charge in [0.05, 0.1) is 12.2 Å². The fourth-order valence-electron chi connectivity index (χ4n) is 2.27. The Hall–Kier alpha value is -1.34. The van der Waals surface area contributed by atoms with Gasteiger partial charge in [0.1, 0.15) is 6.04 Å². The Morgan fingerprint density at radius 3 is 2.50 bits per heavy atom. The summed E-state index contributed by atoms with van der Waals surface area (Å²) in [6.07, 6.45) is 0.858. The summed E-state index contributed by atoms with van der Waals surface area (Å²) >= 11 is 0. The normalized spacial score (nSPS) is 24.2. The number of morpholine rings is 1. The van der Waals surface area contributed by atoms with Crippen molar-refractivity contribution in [2.45, 2.75) is 44.9 Å². The lowest BCUT2D eigenvalue weighted by Gasteiger charge is -2.35. The summed E-state index contributed by atoms with van der Waals surface area (Å²) in [5.41, 5.74) is 0. The Bertz CT molecular complexity index is 327. The molecule has 0 aromatic rings. The van der Waals surface area contributed by atoms with E-state index >= 15 is 0 Å². The lowest BCUT2D eigenvalue weighted by Crippen LogP contribution is -2.54. The quantitative estimate of drug-likeness (QED) is 0.702. The largest absolute Gasteiger partial charge is 0.480 e. The molecule has 1 heterocycles. The molecular formula is C13H24N2O5. The molecule has 116 valence electrons. The topological polar surface area (TPSA) is 88.1 Å². The third-order valence-electron chi connectivity index (χ3n) is 3.14. The summed E-state index contributed by atoms with van der Waals surface area (Å²) in [6.45, 7) is 5.21. The number of urea groups is 1. The van der Waals surface area contributed by atoms with Crippen LogP contribution in [0, 0.1) is 0 Å². The van der Waals surface area contributed by atoms with Crippen molar-refractivity contribution in [1.82, 2.24) is 10.2 Å². The van der Waals surface area contributed by atoms with E-state index in [0.29, 0.717) is 32.5 Å². The van der Waals surface area contributed by atoms with Crippen molar-refractivity contribution in [3.63, 3.8) is 0 Å². The highest BCUT2D eigenvalue weighted by Gasteiger charge is 2.28. The molecule has 1 saturated heterocycles. The summed E-state index contributed by atoms with van der Waals surface area (Å²) in [5, 5.41) is 11.7. The molecule has 0 spiro atoms. The molecule has 1 aliphatic rings. The van der Waals surface area contributed by atoms with Crippen LogP contribution in [0.25, 0.3) is 0 Å². The summed E-state index contributed by atoms with van der Waals surface area (Å²) in [5.74, 6) is -1.02. The second kappa shape index (κ2) is 8.06. The number of amides is 2. The molecule has 0 aromatic carbocycles. The number of hydrogen-bond donors (Lipinski definition) is 2. The number of carboxylic acids is 1. The minimum Gasteiger partial charge on any atom is -0.480 e. The Morgan fingerprint density at radius 1 is 1.40 bits per heavy atom. The zero-order valence-corrected chi connectivity index (χ0v) is 12.3. The number of ether oxygens (including phenoxy) is 2. The van der Waals surface area contributed by atoms with Crippen LogP contribution in [-0.2, 0) is 14.3 Å². The van der Waals surface area contributed by atoms with Gasteiger partial charge in [-0.3, -0.25) is 0 Å². The SMILES string of the molecule is COCCCC(NC(=O)N1CC(C)OC(C)C1)C(=O)O. The molecule has 1 rings (SSSR count). The van der Waals surface area contributed by atoms with Crippen molar-refractivity contribution in [2.75, 3.05) is 26.8 Å². The third kappa shape index (κ3) is 5.34. The second-order valence-corrected chi connectivity index (χ2v) is 5.14. The molecule has 0 bridgehead atoms. The van der Waals surface area contributed by atoms with Gasteiger partial charge in [-0.1, -0.05) is 0 Å². The summed E-state index contributed by atoms with van der Waals surface area (Å²) in [6, 6.07) is -1.23. The van der Waals surface area contributed by atoms with Gasteiger partial charge in [-0.2, -0.15) is 0 Å². The molecule has 0 aliphatic carbocycles. The number of carboxylic acid groups (broad SMARTS) is 1. The lowest BCUT2D eigenvalue weighted by molar-refractivity contribution is -0.139. The van der Waals surface area contributed by atoms with Crippen molar-refractivity contribution in [1.29, 1.82) is 0 Å². The first-order chi connectivity index (χ1) is 9.43. The van der Waals surface area contributed by atoms with Gasteiger partial charge in [0.25, 0.3) is 0 Å². The number of rotatable bonds is 6. The van der Waals surface area contributed by atoms with Gasteiger partial charge >= 0.3 is 12.0 Å². The van der Waals surface area contributed by atoms with Gasteiger partial charge < -0.3 is 24.8 Å². The number of hydrogen-bond acceptors (Lipinski definition) is 4. The average molecular weight is 288 g/mol. The van der Waals surface area contributed by atoms with E-state index in [0.717, 1.165) is 0 Å². The predicted octanol–water partition coefficient (Wildman–Crippen LogP) is 0.685. The van der Waals surface area contributed by atoms with Crippen LogP contribution >= 0.6 is 0 Å². The van der Waals surface area contributed by atoms with Crippen LogP contribution in [0.1, 0.15) is 26.7 Å². The molecule has 3 unspecified atom stereocenters. The first-order valence-electron chi connectivity index (χ1n) is 6.86. The van der Waals surface area contributed by atoms with E-state index in [9.17, 15) is 9.59 Å². The third-order valence-corrected chi connectivity index (χ3v) is 3.14. The van der Waals surface area contributed by atoms with E-state index in [4.69, 9.17) is 14.6 Å². The molecule has 7 nitrogen and oxygen atoms in total. The lowest BCUT2D eigenvalue weighted by atomic mass is 10.1. The van der Waals surface area contributed by atoms with E-state index in [1.807, 2.05) is 13.8 Å². The molecule has 1 aliphatic heterocycles. The fraction of sp³-hybridized carbons (Fsp3) is 0.846. The average Bonchev–Trinajstić information content (AvgIpc) is 2.36. The number of nitrogens with one attached hydrogen (secondary N) is 1. The van der Waals surface area contributed by atoms with Crippen molar-refractivity contribution in [3.8, 4) is 0 Å². The van der Waals surface area contributed by atoms with E-state index < -0.39 is 12.0 Å².